The average Bonchev–Trinajstić information content (AvgIpc) is 3.10. The molecule has 130 valence electrons. The predicted octanol–water partition coefficient (Wildman–Crippen LogP) is 2.08. The zero-order valence-electron chi connectivity index (χ0n) is 12.9. The van der Waals surface area contributed by atoms with Gasteiger partial charge in [-0.1, -0.05) is 24.3 Å². The minimum absolute atomic E-state index is 0.0327. The van der Waals surface area contributed by atoms with E-state index in [4.69, 9.17) is 0 Å². The molecule has 0 fully saturated rings. The van der Waals surface area contributed by atoms with Crippen LogP contribution in [0, 0.1) is 11.6 Å². The van der Waals surface area contributed by atoms with Gasteiger partial charge in [0.15, 0.2) is 11.6 Å². The summed E-state index contributed by atoms with van der Waals surface area (Å²) in [6.45, 7) is 0.589. The number of hydrogen-bond donors (Lipinski definition) is 1. The topological polar surface area (TPSA) is 76.9 Å². The van der Waals surface area contributed by atoms with Gasteiger partial charge in [0.2, 0.25) is 10.0 Å². The highest BCUT2D eigenvalue weighted by molar-refractivity contribution is 7.89. The number of halogens is 2. The summed E-state index contributed by atoms with van der Waals surface area (Å²) in [5.41, 5.74) is 1.71. The molecule has 1 aromatic heterocycles. The van der Waals surface area contributed by atoms with Gasteiger partial charge in [-0.3, -0.25) is 0 Å². The zero-order valence-corrected chi connectivity index (χ0v) is 13.7. The quantitative estimate of drug-likeness (QED) is 0.727. The third-order valence-electron chi connectivity index (χ3n) is 3.50. The van der Waals surface area contributed by atoms with E-state index in [0.717, 1.165) is 23.3 Å². The number of rotatable bonds is 6. The smallest absolute Gasteiger partial charge is 0.240 e. The first-order valence-corrected chi connectivity index (χ1v) is 8.77. The Kier molecular flexibility index (Phi) is 4.86. The molecule has 2 aromatic carbocycles. The maximum Gasteiger partial charge on any atom is 0.240 e. The van der Waals surface area contributed by atoms with E-state index in [2.05, 4.69) is 14.8 Å². The molecule has 0 saturated carbocycles. The van der Waals surface area contributed by atoms with Crippen molar-refractivity contribution < 1.29 is 17.2 Å². The molecule has 1 heterocycles. The van der Waals surface area contributed by atoms with Crippen LogP contribution < -0.4 is 4.72 Å². The first-order chi connectivity index (χ1) is 11.9. The standard InChI is InChI=1S/C16H14F2N4O2S/c17-15-6-5-14(7-16(15)18)25(23,24)21-8-12-1-3-13(4-2-12)9-22-11-19-10-20-22/h1-7,10-11,21H,8-9H2. The molecule has 0 aliphatic rings. The fraction of sp³-hybridized carbons (Fsp3) is 0.125. The highest BCUT2D eigenvalue weighted by atomic mass is 32.2. The molecule has 0 unspecified atom stereocenters. The molecule has 6 nitrogen and oxygen atoms in total. The Morgan fingerprint density at radius 3 is 2.36 bits per heavy atom. The normalized spacial score (nSPS) is 11.6. The first-order valence-electron chi connectivity index (χ1n) is 7.29. The molecule has 3 aromatic rings. The van der Waals surface area contributed by atoms with Crippen LogP contribution in [-0.2, 0) is 23.1 Å². The van der Waals surface area contributed by atoms with Crippen molar-refractivity contribution in [2.45, 2.75) is 18.0 Å². The van der Waals surface area contributed by atoms with Gasteiger partial charge in [0.1, 0.15) is 12.7 Å². The van der Waals surface area contributed by atoms with Crippen molar-refractivity contribution in [3.63, 3.8) is 0 Å². The minimum Gasteiger partial charge on any atom is -0.249 e. The fourth-order valence-electron chi connectivity index (χ4n) is 2.17. The van der Waals surface area contributed by atoms with E-state index in [1.807, 2.05) is 12.1 Å². The number of hydrogen-bond acceptors (Lipinski definition) is 4. The second-order valence-electron chi connectivity index (χ2n) is 5.31. The first kappa shape index (κ1) is 17.2. The molecule has 0 aliphatic carbocycles. The molecular weight excluding hydrogens is 350 g/mol. The maximum atomic E-state index is 13.2. The van der Waals surface area contributed by atoms with E-state index in [9.17, 15) is 17.2 Å². The highest BCUT2D eigenvalue weighted by Gasteiger charge is 2.16. The summed E-state index contributed by atoms with van der Waals surface area (Å²) in [5.74, 6) is -2.30. The van der Waals surface area contributed by atoms with Gasteiger partial charge in [-0.05, 0) is 29.3 Å². The predicted molar refractivity (Wildman–Crippen MR) is 85.9 cm³/mol. The van der Waals surface area contributed by atoms with Crippen LogP contribution in [0.2, 0.25) is 0 Å². The van der Waals surface area contributed by atoms with E-state index in [1.54, 1.807) is 23.1 Å². The molecule has 9 heteroatoms. The highest BCUT2D eigenvalue weighted by Crippen LogP contribution is 2.14. The largest absolute Gasteiger partial charge is 0.249 e. The van der Waals surface area contributed by atoms with E-state index >= 15 is 0 Å². The maximum absolute atomic E-state index is 13.2. The Morgan fingerprint density at radius 2 is 1.72 bits per heavy atom. The van der Waals surface area contributed by atoms with Crippen LogP contribution in [0.3, 0.4) is 0 Å². The van der Waals surface area contributed by atoms with Gasteiger partial charge < -0.3 is 0 Å². The Morgan fingerprint density at radius 1 is 1.00 bits per heavy atom. The number of nitrogens with one attached hydrogen (secondary N) is 1. The lowest BCUT2D eigenvalue weighted by Crippen LogP contribution is -2.23. The Bertz CT molecular complexity index is 958. The van der Waals surface area contributed by atoms with Crippen LogP contribution in [-0.4, -0.2) is 23.2 Å². The van der Waals surface area contributed by atoms with E-state index in [0.29, 0.717) is 12.6 Å². The van der Waals surface area contributed by atoms with Crippen molar-refractivity contribution in [3.8, 4) is 0 Å². The number of aromatic nitrogens is 3. The summed E-state index contributed by atoms with van der Waals surface area (Å²) in [6.07, 6.45) is 3.05. The monoisotopic (exact) mass is 364 g/mol. The second-order valence-corrected chi connectivity index (χ2v) is 7.08. The average molecular weight is 364 g/mol. The van der Waals surface area contributed by atoms with Gasteiger partial charge >= 0.3 is 0 Å². The van der Waals surface area contributed by atoms with Crippen LogP contribution in [0.4, 0.5) is 8.78 Å². The number of nitrogens with zero attached hydrogens (tertiary/aromatic N) is 3. The second kappa shape index (κ2) is 7.08. The Labute approximate surface area is 143 Å². The molecule has 0 saturated heterocycles. The molecule has 3 rings (SSSR count). The number of sulfonamides is 1. The van der Waals surface area contributed by atoms with Crippen molar-refractivity contribution in [2.24, 2.45) is 0 Å². The van der Waals surface area contributed by atoms with Gasteiger partial charge in [0, 0.05) is 6.54 Å². The van der Waals surface area contributed by atoms with Gasteiger partial charge in [-0.15, -0.1) is 0 Å². The lowest BCUT2D eigenvalue weighted by atomic mass is 10.1. The Balaban J connectivity index is 1.65. The lowest BCUT2D eigenvalue weighted by molar-refractivity contribution is 0.504. The number of benzene rings is 2. The van der Waals surface area contributed by atoms with Crippen molar-refractivity contribution in [2.75, 3.05) is 0 Å². The summed E-state index contributed by atoms with van der Waals surface area (Å²) < 4.78 is 54.4. The third kappa shape index (κ3) is 4.25. The van der Waals surface area contributed by atoms with Crippen molar-refractivity contribution >= 4 is 10.0 Å². The van der Waals surface area contributed by atoms with Gasteiger partial charge in [0.25, 0.3) is 0 Å². The molecule has 0 amide bonds. The van der Waals surface area contributed by atoms with Gasteiger partial charge in [-0.25, -0.2) is 31.6 Å². The van der Waals surface area contributed by atoms with Crippen LogP contribution in [0.1, 0.15) is 11.1 Å². The Hall–Kier alpha value is -2.65. The third-order valence-corrected chi connectivity index (χ3v) is 4.90. The van der Waals surface area contributed by atoms with Gasteiger partial charge in [0.05, 0.1) is 11.4 Å². The summed E-state index contributed by atoms with van der Waals surface area (Å²) >= 11 is 0. The molecule has 0 aliphatic heterocycles. The zero-order chi connectivity index (χ0) is 17.9. The van der Waals surface area contributed by atoms with Crippen LogP contribution in [0.25, 0.3) is 0 Å². The summed E-state index contributed by atoms with van der Waals surface area (Å²) in [6, 6.07) is 9.70. The molecule has 0 radical (unpaired) electrons. The molecular formula is C16H14F2N4O2S. The van der Waals surface area contributed by atoms with Crippen LogP contribution in [0.5, 0.6) is 0 Å². The van der Waals surface area contributed by atoms with Crippen molar-refractivity contribution in [1.82, 2.24) is 19.5 Å². The fourth-order valence-corrected chi connectivity index (χ4v) is 3.20. The molecule has 0 spiro atoms. The van der Waals surface area contributed by atoms with Crippen molar-refractivity contribution in [1.29, 1.82) is 0 Å². The molecule has 1 N–H and O–H groups in total. The summed E-state index contributed by atoms with van der Waals surface area (Å²) in [4.78, 5) is 3.53. The van der Waals surface area contributed by atoms with E-state index < -0.39 is 21.7 Å². The summed E-state index contributed by atoms with van der Waals surface area (Å²) in [5, 5.41) is 4.01. The van der Waals surface area contributed by atoms with Gasteiger partial charge in [-0.2, -0.15) is 5.10 Å². The summed E-state index contributed by atoms with van der Waals surface area (Å²) in [7, 11) is -3.93. The molecule has 25 heavy (non-hydrogen) atoms. The minimum atomic E-state index is -3.93. The van der Waals surface area contributed by atoms with Crippen molar-refractivity contribution in [3.05, 3.63) is 77.9 Å². The lowest BCUT2D eigenvalue weighted by Gasteiger charge is -2.08. The molecule has 0 atom stereocenters. The SMILES string of the molecule is O=S(=O)(NCc1ccc(Cn2cncn2)cc1)c1ccc(F)c(F)c1. The molecule has 0 bridgehead atoms. The van der Waals surface area contributed by atoms with Crippen LogP contribution >= 0.6 is 0 Å². The van der Waals surface area contributed by atoms with Crippen LogP contribution in [0.15, 0.2) is 60.0 Å². The van der Waals surface area contributed by atoms with E-state index in [1.165, 1.54) is 6.33 Å². The van der Waals surface area contributed by atoms with E-state index in [-0.39, 0.29) is 11.4 Å².